The van der Waals surface area contributed by atoms with Crippen LogP contribution in [-0.4, -0.2) is 41.8 Å². The maximum Gasteiger partial charge on any atom is 0.286 e. The normalized spacial score (nSPS) is 14.2. The van der Waals surface area contributed by atoms with Gasteiger partial charge < -0.3 is 19.5 Å². The van der Waals surface area contributed by atoms with Crippen LogP contribution < -0.4 is 15.8 Å². The number of halogens is 2. The van der Waals surface area contributed by atoms with E-state index in [-0.39, 0.29) is 11.1 Å². The Kier molecular flexibility index (Phi) is 6.47. The maximum absolute atomic E-state index is 13.6. The van der Waals surface area contributed by atoms with E-state index in [0.29, 0.717) is 37.7 Å². The van der Waals surface area contributed by atoms with Crippen LogP contribution in [0.2, 0.25) is 0 Å². The molecule has 1 amide bonds. The molecule has 3 heterocycles. The number of hydrogen-bond donors (Lipinski definition) is 1. The second kappa shape index (κ2) is 9.34. The number of aryl methyl sites for hydroxylation is 1. The first-order chi connectivity index (χ1) is 16.1. The number of ether oxygens (including phenoxy) is 1. The van der Waals surface area contributed by atoms with Gasteiger partial charge in [0.2, 0.25) is 0 Å². The minimum Gasteiger partial charge on any atom is -0.378 e. The monoisotopic (exact) mass is 468 g/mol. The molecule has 0 atom stereocenters. The lowest BCUT2D eigenvalue weighted by Crippen LogP contribution is -2.37. The summed E-state index contributed by atoms with van der Waals surface area (Å²) in [7, 11) is 1.70. The number of hydrogen-bond acceptors (Lipinski definition) is 5. The highest BCUT2D eigenvalue weighted by molar-refractivity contribution is 6.04. The zero-order valence-electron chi connectivity index (χ0n) is 19.3. The highest BCUT2D eigenvalue weighted by Gasteiger charge is 2.27. The van der Waals surface area contributed by atoms with Crippen molar-refractivity contribution in [3.8, 4) is 11.3 Å². The number of rotatable bonds is 5. The van der Waals surface area contributed by atoms with Crippen molar-refractivity contribution in [1.82, 2.24) is 9.55 Å². The predicted octanol–water partition coefficient (Wildman–Crippen LogP) is 3.96. The highest BCUT2D eigenvalue weighted by Crippen LogP contribution is 2.29. The number of carbonyl (C=O) groups is 1. The molecular formula is C25H26F2N4O3. The average molecular weight is 469 g/mol. The Balaban J connectivity index is 1.66. The first-order valence-electron chi connectivity index (χ1n) is 10.9. The molecule has 9 heteroatoms. The lowest BCUT2D eigenvalue weighted by Gasteiger charge is -2.29. The maximum atomic E-state index is 13.6. The van der Waals surface area contributed by atoms with E-state index in [4.69, 9.17) is 4.74 Å². The lowest BCUT2D eigenvalue weighted by atomic mass is 10.0. The molecule has 7 nitrogen and oxygen atoms in total. The lowest BCUT2D eigenvalue weighted by molar-refractivity contribution is 0.0127. The van der Waals surface area contributed by atoms with Crippen molar-refractivity contribution < 1.29 is 18.3 Å². The molecule has 1 aliphatic heterocycles. The quantitative estimate of drug-likeness (QED) is 0.614. The largest absolute Gasteiger partial charge is 0.378 e. The number of nitrogens with zero attached hydrogens (tertiary/aromatic N) is 3. The Morgan fingerprint density at radius 2 is 1.85 bits per heavy atom. The van der Waals surface area contributed by atoms with Crippen molar-refractivity contribution >= 4 is 17.3 Å². The van der Waals surface area contributed by atoms with Crippen LogP contribution in [0.5, 0.6) is 0 Å². The first-order valence-corrected chi connectivity index (χ1v) is 10.9. The molecule has 0 spiro atoms. The zero-order chi connectivity index (χ0) is 24.5. The van der Waals surface area contributed by atoms with E-state index in [9.17, 15) is 18.4 Å². The van der Waals surface area contributed by atoms with E-state index in [0.717, 1.165) is 29.8 Å². The number of anilines is 2. The predicted molar refractivity (Wildman–Crippen MR) is 127 cm³/mol. The third-order valence-corrected chi connectivity index (χ3v) is 5.87. The summed E-state index contributed by atoms with van der Waals surface area (Å²) in [5.41, 5.74) is 3.18. The Bertz CT molecular complexity index is 1280. The number of alkyl halides is 2. The van der Waals surface area contributed by atoms with E-state index >= 15 is 0 Å². The summed E-state index contributed by atoms with van der Waals surface area (Å²) in [6.07, 6.45) is 1.19. The summed E-state index contributed by atoms with van der Waals surface area (Å²) >= 11 is 0. The second-order valence-corrected chi connectivity index (χ2v) is 8.40. The smallest absolute Gasteiger partial charge is 0.286 e. The molecule has 0 radical (unpaired) electrons. The number of morpholine rings is 1. The van der Waals surface area contributed by atoms with Crippen molar-refractivity contribution in [2.75, 3.05) is 36.5 Å². The van der Waals surface area contributed by atoms with Crippen LogP contribution in [-0.2, 0) is 17.7 Å². The molecule has 3 aromatic rings. The van der Waals surface area contributed by atoms with Crippen molar-refractivity contribution in [3.63, 3.8) is 0 Å². The average Bonchev–Trinajstić information content (AvgIpc) is 2.82. The van der Waals surface area contributed by atoms with Crippen LogP contribution in [0, 0.1) is 6.92 Å². The Morgan fingerprint density at radius 1 is 1.12 bits per heavy atom. The molecule has 1 aliphatic rings. The van der Waals surface area contributed by atoms with Gasteiger partial charge in [0, 0.05) is 61.8 Å². The van der Waals surface area contributed by atoms with Crippen molar-refractivity contribution in [2.24, 2.45) is 7.05 Å². The second-order valence-electron chi connectivity index (χ2n) is 8.40. The Morgan fingerprint density at radius 3 is 2.56 bits per heavy atom. The van der Waals surface area contributed by atoms with Gasteiger partial charge in [-0.05, 0) is 42.8 Å². The highest BCUT2D eigenvalue weighted by atomic mass is 19.3. The summed E-state index contributed by atoms with van der Waals surface area (Å²) in [5.74, 6) is -3.68. The number of nitrogens with one attached hydrogen (secondary N) is 1. The number of aromatic nitrogens is 2. The third kappa shape index (κ3) is 4.99. The fraction of sp³-hybridized carbons (Fsp3) is 0.320. The standard InChI is InChI=1S/C25H26F2N4O3/c1-16-4-5-18(29-24(33)17-6-7-28-22(12-17)25(2,26)27)13-20(16)21-14-19(15-23(32)30(21)3)31-8-10-34-11-9-31/h4-7,12-15H,8-11H2,1-3H3,(H,29,33). The van der Waals surface area contributed by atoms with Gasteiger partial charge in [-0.25, -0.2) is 0 Å². The molecule has 1 saturated heterocycles. The van der Waals surface area contributed by atoms with Crippen LogP contribution >= 0.6 is 0 Å². The summed E-state index contributed by atoms with van der Waals surface area (Å²) in [6.45, 7) is 5.26. The SMILES string of the molecule is Cc1ccc(NC(=O)c2ccnc(C(C)(F)F)c2)cc1-c1cc(N2CCOCC2)cc(=O)n1C. The Labute approximate surface area is 196 Å². The van der Waals surface area contributed by atoms with Gasteiger partial charge >= 0.3 is 0 Å². The van der Waals surface area contributed by atoms with Crippen molar-refractivity contribution in [3.05, 3.63) is 75.8 Å². The van der Waals surface area contributed by atoms with Gasteiger partial charge in [0.15, 0.2) is 0 Å². The van der Waals surface area contributed by atoms with Crippen LogP contribution in [0.3, 0.4) is 0 Å². The van der Waals surface area contributed by atoms with Crippen molar-refractivity contribution in [2.45, 2.75) is 19.8 Å². The van der Waals surface area contributed by atoms with Gasteiger partial charge in [0.1, 0.15) is 5.69 Å². The van der Waals surface area contributed by atoms with Crippen LogP contribution in [0.15, 0.2) is 53.5 Å². The molecule has 0 unspecified atom stereocenters. The number of benzene rings is 1. The number of carbonyl (C=O) groups excluding carboxylic acids is 1. The fourth-order valence-electron chi connectivity index (χ4n) is 3.87. The minimum atomic E-state index is -3.15. The van der Waals surface area contributed by atoms with Gasteiger partial charge in [0.05, 0.1) is 18.9 Å². The summed E-state index contributed by atoms with van der Waals surface area (Å²) in [4.78, 5) is 31.2. The van der Waals surface area contributed by atoms with Gasteiger partial charge in [-0.2, -0.15) is 8.78 Å². The Hall–Kier alpha value is -3.59. The molecule has 0 aliphatic carbocycles. The number of pyridine rings is 2. The van der Waals surface area contributed by atoms with Gasteiger partial charge in [-0.1, -0.05) is 6.07 Å². The third-order valence-electron chi connectivity index (χ3n) is 5.87. The van der Waals surface area contributed by atoms with E-state index < -0.39 is 17.5 Å². The zero-order valence-corrected chi connectivity index (χ0v) is 19.3. The summed E-state index contributed by atoms with van der Waals surface area (Å²) in [5, 5.41) is 2.76. The molecular weight excluding hydrogens is 442 g/mol. The topological polar surface area (TPSA) is 76.5 Å². The van der Waals surface area contributed by atoms with E-state index in [2.05, 4.69) is 15.2 Å². The molecule has 1 aromatic carbocycles. The molecule has 1 N–H and O–H groups in total. The molecule has 1 fully saturated rings. The molecule has 4 rings (SSSR count). The summed E-state index contributed by atoms with van der Waals surface area (Å²) < 4.78 is 34.2. The van der Waals surface area contributed by atoms with Gasteiger partial charge in [0.25, 0.3) is 17.4 Å². The van der Waals surface area contributed by atoms with E-state index in [1.54, 1.807) is 29.8 Å². The minimum absolute atomic E-state index is 0.0790. The fourth-order valence-corrected chi connectivity index (χ4v) is 3.87. The van der Waals surface area contributed by atoms with Crippen LogP contribution in [0.4, 0.5) is 20.2 Å². The van der Waals surface area contributed by atoms with Gasteiger partial charge in [-0.3, -0.25) is 14.6 Å². The molecule has 0 bridgehead atoms. The summed E-state index contributed by atoms with van der Waals surface area (Å²) in [6, 6.07) is 11.4. The molecule has 178 valence electrons. The van der Waals surface area contributed by atoms with Gasteiger partial charge in [-0.15, -0.1) is 0 Å². The molecule has 2 aromatic heterocycles. The van der Waals surface area contributed by atoms with E-state index in [1.165, 1.54) is 12.3 Å². The van der Waals surface area contributed by atoms with Crippen LogP contribution in [0.25, 0.3) is 11.3 Å². The number of amides is 1. The van der Waals surface area contributed by atoms with E-state index in [1.807, 2.05) is 19.1 Å². The van der Waals surface area contributed by atoms with Crippen LogP contribution in [0.1, 0.15) is 28.5 Å². The first kappa shape index (κ1) is 23.6. The molecule has 34 heavy (non-hydrogen) atoms. The molecule has 0 saturated carbocycles. The van der Waals surface area contributed by atoms with Crippen molar-refractivity contribution in [1.29, 1.82) is 0 Å².